The summed E-state index contributed by atoms with van der Waals surface area (Å²) in [6.45, 7) is 3.63. The van der Waals surface area contributed by atoms with E-state index in [0.29, 0.717) is 22.3 Å². The van der Waals surface area contributed by atoms with Crippen LogP contribution in [0.25, 0.3) is 0 Å². The van der Waals surface area contributed by atoms with Crippen molar-refractivity contribution in [2.45, 2.75) is 5.16 Å². The van der Waals surface area contributed by atoms with E-state index < -0.39 is 5.91 Å². The van der Waals surface area contributed by atoms with Crippen LogP contribution in [0.2, 0.25) is 5.02 Å². The van der Waals surface area contributed by atoms with Crippen molar-refractivity contribution in [3.63, 3.8) is 0 Å². The van der Waals surface area contributed by atoms with Crippen LogP contribution < -0.4 is 10.1 Å². The molecular formula is C15H14ClN3O2S. The largest absolute Gasteiger partial charge is 0.495 e. The lowest BCUT2D eigenvalue weighted by Crippen LogP contribution is -2.15. The molecule has 0 fully saturated rings. The summed E-state index contributed by atoms with van der Waals surface area (Å²) >= 11 is 7.39. The van der Waals surface area contributed by atoms with Gasteiger partial charge in [0, 0.05) is 5.75 Å². The van der Waals surface area contributed by atoms with Gasteiger partial charge in [0.15, 0.2) is 10.9 Å². The number of methoxy groups -OCH3 is 1. The number of thioether (sulfide) groups is 1. The molecule has 2 aromatic rings. The van der Waals surface area contributed by atoms with Gasteiger partial charge in [-0.2, -0.15) is 0 Å². The van der Waals surface area contributed by atoms with E-state index in [2.05, 4.69) is 21.9 Å². The number of hydrogen-bond donors (Lipinski definition) is 1. The van der Waals surface area contributed by atoms with Gasteiger partial charge < -0.3 is 10.1 Å². The number of nitrogens with one attached hydrogen (secondary N) is 1. The minimum absolute atomic E-state index is 0.120. The van der Waals surface area contributed by atoms with Gasteiger partial charge in [-0.1, -0.05) is 41.6 Å². The fourth-order valence-electron chi connectivity index (χ4n) is 1.64. The first-order valence-corrected chi connectivity index (χ1v) is 7.72. The van der Waals surface area contributed by atoms with Crippen molar-refractivity contribution in [3.05, 3.63) is 53.8 Å². The number of rotatable bonds is 6. The maximum absolute atomic E-state index is 12.4. The number of carbonyl (C=O) groups excluding carboxylic acids is 1. The highest BCUT2D eigenvalue weighted by molar-refractivity contribution is 7.99. The Hall–Kier alpha value is -2.05. The number of carbonyl (C=O) groups is 1. The van der Waals surface area contributed by atoms with Gasteiger partial charge in [0.1, 0.15) is 5.75 Å². The Morgan fingerprint density at radius 3 is 3.00 bits per heavy atom. The number of hydrogen-bond acceptors (Lipinski definition) is 5. The first-order chi connectivity index (χ1) is 10.7. The third kappa shape index (κ3) is 3.99. The van der Waals surface area contributed by atoms with Crippen LogP contribution >= 0.6 is 23.4 Å². The van der Waals surface area contributed by atoms with Crippen molar-refractivity contribution >= 4 is 35.0 Å². The SMILES string of the molecule is C=CCSc1ncc(Cl)c(C(=O)Nc2ccccc2OC)n1. The van der Waals surface area contributed by atoms with E-state index in [1.165, 1.54) is 25.1 Å². The Morgan fingerprint density at radius 2 is 2.27 bits per heavy atom. The quantitative estimate of drug-likeness (QED) is 0.495. The van der Waals surface area contributed by atoms with Gasteiger partial charge in [-0.05, 0) is 12.1 Å². The highest BCUT2D eigenvalue weighted by Gasteiger charge is 2.16. The Balaban J connectivity index is 2.23. The lowest BCUT2D eigenvalue weighted by molar-refractivity contribution is 0.102. The molecule has 0 bridgehead atoms. The summed E-state index contributed by atoms with van der Waals surface area (Å²) in [5.74, 6) is 0.787. The third-order valence-corrected chi connectivity index (χ3v) is 3.76. The van der Waals surface area contributed by atoms with Gasteiger partial charge >= 0.3 is 0 Å². The third-order valence-electron chi connectivity index (χ3n) is 2.62. The number of anilines is 1. The van der Waals surface area contributed by atoms with Crippen LogP contribution in [0.1, 0.15) is 10.5 Å². The van der Waals surface area contributed by atoms with Crippen molar-refractivity contribution in [2.24, 2.45) is 0 Å². The van der Waals surface area contributed by atoms with Gasteiger partial charge in [0.2, 0.25) is 0 Å². The van der Waals surface area contributed by atoms with Crippen molar-refractivity contribution in [1.29, 1.82) is 0 Å². The van der Waals surface area contributed by atoms with Gasteiger partial charge in [0.25, 0.3) is 5.91 Å². The predicted octanol–water partition coefficient (Wildman–Crippen LogP) is 3.67. The van der Waals surface area contributed by atoms with E-state index in [4.69, 9.17) is 16.3 Å². The zero-order chi connectivity index (χ0) is 15.9. The molecule has 114 valence electrons. The zero-order valence-corrected chi connectivity index (χ0v) is 13.4. The number of nitrogens with zero attached hydrogens (tertiary/aromatic N) is 2. The van der Waals surface area contributed by atoms with E-state index in [1.54, 1.807) is 24.3 Å². The first kappa shape index (κ1) is 16.3. The van der Waals surface area contributed by atoms with E-state index in [0.717, 1.165) is 0 Å². The fraction of sp³-hybridized carbons (Fsp3) is 0.133. The first-order valence-electron chi connectivity index (χ1n) is 6.36. The summed E-state index contributed by atoms with van der Waals surface area (Å²) in [5, 5.41) is 3.39. The molecule has 0 unspecified atom stereocenters. The number of para-hydroxylation sites is 2. The topological polar surface area (TPSA) is 64.1 Å². The lowest BCUT2D eigenvalue weighted by Gasteiger charge is -2.10. The molecule has 0 aliphatic carbocycles. The molecule has 1 N–H and O–H groups in total. The highest BCUT2D eigenvalue weighted by Crippen LogP contribution is 2.25. The smallest absolute Gasteiger partial charge is 0.276 e. The van der Waals surface area contributed by atoms with Gasteiger partial charge in [-0.15, -0.1) is 6.58 Å². The molecule has 0 saturated carbocycles. The molecule has 0 atom stereocenters. The zero-order valence-electron chi connectivity index (χ0n) is 11.9. The van der Waals surface area contributed by atoms with Crippen LogP contribution in [0.3, 0.4) is 0 Å². The molecule has 0 aliphatic rings. The number of aromatic nitrogens is 2. The molecule has 1 aromatic heterocycles. The molecule has 1 amide bonds. The van der Waals surface area contributed by atoms with E-state index in [-0.39, 0.29) is 10.7 Å². The molecule has 2 rings (SSSR count). The van der Waals surface area contributed by atoms with Crippen LogP contribution in [-0.4, -0.2) is 28.7 Å². The second kappa shape index (κ2) is 7.82. The fourth-order valence-corrected chi connectivity index (χ4v) is 2.37. The van der Waals surface area contributed by atoms with E-state index >= 15 is 0 Å². The molecule has 1 aromatic carbocycles. The molecular weight excluding hydrogens is 322 g/mol. The van der Waals surface area contributed by atoms with Crippen molar-refractivity contribution in [2.75, 3.05) is 18.2 Å². The van der Waals surface area contributed by atoms with Crippen molar-refractivity contribution in [1.82, 2.24) is 9.97 Å². The summed E-state index contributed by atoms with van der Waals surface area (Å²) in [7, 11) is 1.53. The minimum atomic E-state index is -0.419. The van der Waals surface area contributed by atoms with Crippen molar-refractivity contribution in [3.8, 4) is 5.75 Å². The molecule has 0 spiro atoms. The van der Waals surface area contributed by atoms with E-state index in [9.17, 15) is 4.79 Å². The second-order valence-electron chi connectivity index (χ2n) is 4.10. The normalized spacial score (nSPS) is 10.1. The average molecular weight is 336 g/mol. The Bertz CT molecular complexity index is 694. The monoisotopic (exact) mass is 335 g/mol. The van der Waals surface area contributed by atoms with Crippen LogP contribution in [0, 0.1) is 0 Å². The Labute approximate surface area is 137 Å². The minimum Gasteiger partial charge on any atom is -0.495 e. The lowest BCUT2D eigenvalue weighted by atomic mass is 10.2. The second-order valence-corrected chi connectivity index (χ2v) is 5.50. The summed E-state index contributed by atoms with van der Waals surface area (Å²) in [4.78, 5) is 20.6. The van der Waals surface area contributed by atoms with Crippen molar-refractivity contribution < 1.29 is 9.53 Å². The summed E-state index contributed by atoms with van der Waals surface area (Å²) in [5.41, 5.74) is 0.666. The molecule has 0 aliphatic heterocycles. The van der Waals surface area contributed by atoms with Crippen LogP contribution in [-0.2, 0) is 0 Å². The highest BCUT2D eigenvalue weighted by atomic mass is 35.5. The Kier molecular flexibility index (Phi) is 5.80. The number of benzene rings is 1. The Morgan fingerprint density at radius 1 is 1.50 bits per heavy atom. The molecule has 5 nitrogen and oxygen atoms in total. The van der Waals surface area contributed by atoms with Gasteiger partial charge in [-0.25, -0.2) is 9.97 Å². The molecule has 22 heavy (non-hydrogen) atoms. The van der Waals surface area contributed by atoms with Gasteiger partial charge in [-0.3, -0.25) is 4.79 Å². The number of ether oxygens (including phenoxy) is 1. The summed E-state index contributed by atoms with van der Waals surface area (Å²) in [6, 6.07) is 7.10. The van der Waals surface area contributed by atoms with Crippen LogP contribution in [0.15, 0.2) is 48.3 Å². The van der Waals surface area contributed by atoms with E-state index in [1.807, 2.05) is 6.07 Å². The standard InChI is InChI=1S/C15H14ClN3O2S/c1-3-8-22-15-17-9-10(16)13(19-15)14(20)18-11-6-4-5-7-12(11)21-2/h3-7,9H,1,8H2,2H3,(H,18,20). The number of amides is 1. The summed E-state index contributed by atoms with van der Waals surface area (Å²) in [6.07, 6.45) is 3.15. The molecule has 0 saturated heterocycles. The molecule has 7 heteroatoms. The predicted molar refractivity (Wildman–Crippen MR) is 88.9 cm³/mol. The average Bonchev–Trinajstić information content (AvgIpc) is 2.54. The maximum atomic E-state index is 12.4. The number of halogens is 1. The molecule has 1 heterocycles. The maximum Gasteiger partial charge on any atom is 0.276 e. The van der Waals surface area contributed by atoms with Crippen LogP contribution in [0.5, 0.6) is 5.75 Å². The summed E-state index contributed by atoms with van der Waals surface area (Å²) < 4.78 is 5.19. The molecule has 0 radical (unpaired) electrons. The van der Waals surface area contributed by atoms with Crippen LogP contribution in [0.4, 0.5) is 5.69 Å². The van der Waals surface area contributed by atoms with Gasteiger partial charge in [0.05, 0.1) is 24.0 Å².